The SMILES string of the molecule is O=C1NC(=O)C(=Cc2ccc(N3CCOCC3)cc2)N1. The molecule has 3 amide bonds. The van der Waals surface area contributed by atoms with E-state index in [1.165, 1.54) is 0 Å². The molecule has 6 heteroatoms. The van der Waals surface area contributed by atoms with Crippen molar-refractivity contribution >= 4 is 23.7 Å². The van der Waals surface area contributed by atoms with Crippen LogP contribution in [0.15, 0.2) is 30.0 Å². The molecule has 104 valence electrons. The Bertz CT molecular complexity index is 560. The number of imide groups is 1. The van der Waals surface area contributed by atoms with Crippen LogP contribution in [0.4, 0.5) is 10.5 Å². The highest BCUT2D eigenvalue weighted by molar-refractivity contribution is 6.13. The molecule has 0 aromatic heterocycles. The van der Waals surface area contributed by atoms with Gasteiger partial charge in [-0.2, -0.15) is 0 Å². The molecule has 6 nitrogen and oxygen atoms in total. The standard InChI is InChI=1S/C14H15N3O3/c18-13-12(15-14(19)16-13)9-10-1-3-11(4-2-10)17-5-7-20-8-6-17/h1-4,9H,5-8H2,(H2,15,16,18,19). The van der Waals surface area contributed by atoms with Crippen molar-refractivity contribution in [2.24, 2.45) is 0 Å². The quantitative estimate of drug-likeness (QED) is 0.615. The van der Waals surface area contributed by atoms with Crippen LogP contribution in [0.3, 0.4) is 0 Å². The van der Waals surface area contributed by atoms with E-state index in [1.807, 2.05) is 24.3 Å². The molecule has 20 heavy (non-hydrogen) atoms. The van der Waals surface area contributed by atoms with E-state index in [0.717, 1.165) is 37.6 Å². The van der Waals surface area contributed by atoms with Gasteiger partial charge in [-0.05, 0) is 23.8 Å². The number of morpholine rings is 1. The summed E-state index contributed by atoms with van der Waals surface area (Å²) in [6.07, 6.45) is 1.66. The molecule has 2 aliphatic heterocycles. The van der Waals surface area contributed by atoms with Crippen LogP contribution in [0.2, 0.25) is 0 Å². The lowest BCUT2D eigenvalue weighted by molar-refractivity contribution is -0.115. The number of nitrogens with zero attached hydrogens (tertiary/aromatic N) is 1. The number of carbonyl (C=O) groups excluding carboxylic acids is 2. The minimum atomic E-state index is -0.480. The third-order valence-electron chi connectivity index (χ3n) is 3.30. The first kappa shape index (κ1) is 12.7. The maximum absolute atomic E-state index is 11.4. The van der Waals surface area contributed by atoms with Gasteiger partial charge in [0.15, 0.2) is 0 Å². The van der Waals surface area contributed by atoms with Crippen molar-refractivity contribution in [3.63, 3.8) is 0 Å². The predicted octanol–water partition coefficient (Wildman–Crippen LogP) is 0.703. The van der Waals surface area contributed by atoms with Gasteiger partial charge in [0.2, 0.25) is 0 Å². The second-order valence-corrected chi connectivity index (χ2v) is 4.66. The number of urea groups is 1. The molecule has 2 fully saturated rings. The summed E-state index contributed by atoms with van der Waals surface area (Å²) in [4.78, 5) is 24.7. The van der Waals surface area contributed by atoms with Gasteiger partial charge < -0.3 is 15.0 Å². The van der Waals surface area contributed by atoms with Crippen molar-refractivity contribution in [3.05, 3.63) is 35.5 Å². The van der Waals surface area contributed by atoms with Gasteiger partial charge in [-0.25, -0.2) is 4.79 Å². The van der Waals surface area contributed by atoms with Crippen molar-refractivity contribution in [2.75, 3.05) is 31.2 Å². The van der Waals surface area contributed by atoms with E-state index >= 15 is 0 Å². The minimum Gasteiger partial charge on any atom is -0.378 e. The van der Waals surface area contributed by atoms with Gasteiger partial charge in [0.1, 0.15) is 5.70 Å². The molecule has 0 saturated carbocycles. The lowest BCUT2D eigenvalue weighted by atomic mass is 10.1. The Kier molecular flexibility index (Phi) is 3.39. The van der Waals surface area contributed by atoms with E-state index < -0.39 is 11.9 Å². The maximum Gasteiger partial charge on any atom is 0.326 e. The van der Waals surface area contributed by atoms with E-state index in [4.69, 9.17) is 4.74 Å². The molecule has 2 N–H and O–H groups in total. The highest BCUT2D eigenvalue weighted by atomic mass is 16.5. The monoisotopic (exact) mass is 273 g/mol. The van der Waals surface area contributed by atoms with Crippen LogP contribution >= 0.6 is 0 Å². The summed E-state index contributed by atoms with van der Waals surface area (Å²) < 4.78 is 5.32. The van der Waals surface area contributed by atoms with Gasteiger partial charge in [0, 0.05) is 18.8 Å². The smallest absolute Gasteiger partial charge is 0.326 e. The van der Waals surface area contributed by atoms with Gasteiger partial charge >= 0.3 is 6.03 Å². The van der Waals surface area contributed by atoms with E-state index in [0.29, 0.717) is 0 Å². The maximum atomic E-state index is 11.4. The molecular weight excluding hydrogens is 258 g/mol. The van der Waals surface area contributed by atoms with Crippen LogP contribution in [0.5, 0.6) is 0 Å². The highest BCUT2D eigenvalue weighted by Gasteiger charge is 2.22. The first-order valence-corrected chi connectivity index (χ1v) is 6.49. The van der Waals surface area contributed by atoms with Crippen molar-refractivity contribution in [1.82, 2.24) is 10.6 Å². The number of anilines is 1. The lowest BCUT2D eigenvalue weighted by Crippen LogP contribution is -2.36. The Morgan fingerprint density at radius 2 is 1.75 bits per heavy atom. The van der Waals surface area contributed by atoms with E-state index in [-0.39, 0.29) is 5.70 Å². The molecule has 0 aliphatic carbocycles. The topological polar surface area (TPSA) is 70.7 Å². The minimum absolute atomic E-state index is 0.272. The van der Waals surface area contributed by atoms with E-state index in [1.54, 1.807) is 6.08 Å². The largest absolute Gasteiger partial charge is 0.378 e. The van der Waals surface area contributed by atoms with Crippen LogP contribution in [-0.4, -0.2) is 38.2 Å². The van der Waals surface area contributed by atoms with Gasteiger partial charge in [-0.3, -0.25) is 10.1 Å². The molecule has 2 saturated heterocycles. The Balaban J connectivity index is 1.74. The number of nitrogens with one attached hydrogen (secondary N) is 2. The number of ether oxygens (including phenoxy) is 1. The zero-order valence-electron chi connectivity index (χ0n) is 10.9. The van der Waals surface area contributed by atoms with Gasteiger partial charge in [0.05, 0.1) is 13.2 Å². The number of rotatable bonds is 2. The Morgan fingerprint density at radius 3 is 2.35 bits per heavy atom. The zero-order valence-corrected chi connectivity index (χ0v) is 10.9. The van der Waals surface area contributed by atoms with Crippen LogP contribution in [0.25, 0.3) is 6.08 Å². The molecule has 0 spiro atoms. The zero-order chi connectivity index (χ0) is 13.9. The molecular formula is C14H15N3O3. The van der Waals surface area contributed by atoms with Crippen molar-refractivity contribution in [1.29, 1.82) is 0 Å². The predicted molar refractivity (Wildman–Crippen MR) is 74.1 cm³/mol. The Morgan fingerprint density at radius 1 is 1.05 bits per heavy atom. The average molecular weight is 273 g/mol. The number of benzene rings is 1. The average Bonchev–Trinajstić information content (AvgIpc) is 2.79. The summed E-state index contributed by atoms with van der Waals surface area (Å²) in [5.74, 6) is -0.396. The van der Waals surface area contributed by atoms with Crippen molar-refractivity contribution in [2.45, 2.75) is 0 Å². The third kappa shape index (κ3) is 2.65. The molecule has 2 aliphatic rings. The Labute approximate surface area is 116 Å². The van der Waals surface area contributed by atoms with Crippen molar-refractivity contribution < 1.29 is 14.3 Å². The van der Waals surface area contributed by atoms with Crippen LogP contribution in [0.1, 0.15) is 5.56 Å². The second-order valence-electron chi connectivity index (χ2n) is 4.66. The molecule has 0 radical (unpaired) electrons. The molecule has 1 aromatic rings. The summed E-state index contributed by atoms with van der Waals surface area (Å²) in [5, 5.41) is 4.64. The Hall–Kier alpha value is -2.34. The first-order chi connectivity index (χ1) is 9.72. The molecule has 2 heterocycles. The van der Waals surface area contributed by atoms with Crippen LogP contribution < -0.4 is 15.5 Å². The van der Waals surface area contributed by atoms with Crippen molar-refractivity contribution in [3.8, 4) is 0 Å². The van der Waals surface area contributed by atoms with Crippen LogP contribution in [0, 0.1) is 0 Å². The fraction of sp³-hybridized carbons (Fsp3) is 0.286. The van der Waals surface area contributed by atoms with Gasteiger partial charge in [-0.15, -0.1) is 0 Å². The summed E-state index contributed by atoms with van der Waals surface area (Å²) >= 11 is 0. The number of hydrogen-bond acceptors (Lipinski definition) is 4. The van der Waals surface area contributed by atoms with Gasteiger partial charge in [0.25, 0.3) is 5.91 Å². The molecule has 0 atom stereocenters. The number of amides is 3. The second kappa shape index (κ2) is 5.34. The normalized spacial score (nSPS) is 21.0. The van der Waals surface area contributed by atoms with E-state index in [2.05, 4.69) is 15.5 Å². The number of carbonyl (C=O) groups is 2. The fourth-order valence-corrected chi connectivity index (χ4v) is 2.25. The summed E-state index contributed by atoms with van der Waals surface area (Å²) in [6.45, 7) is 3.27. The third-order valence-corrected chi connectivity index (χ3v) is 3.30. The first-order valence-electron chi connectivity index (χ1n) is 6.49. The molecule has 0 bridgehead atoms. The van der Waals surface area contributed by atoms with Crippen LogP contribution in [-0.2, 0) is 9.53 Å². The summed E-state index contributed by atoms with van der Waals surface area (Å²) in [7, 11) is 0. The number of hydrogen-bond donors (Lipinski definition) is 2. The highest BCUT2D eigenvalue weighted by Crippen LogP contribution is 2.18. The lowest BCUT2D eigenvalue weighted by Gasteiger charge is -2.28. The summed E-state index contributed by atoms with van der Waals surface area (Å²) in [5.41, 5.74) is 2.28. The van der Waals surface area contributed by atoms with Gasteiger partial charge in [-0.1, -0.05) is 12.1 Å². The van der Waals surface area contributed by atoms with E-state index in [9.17, 15) is 9.59 Å². The summed E-state index contributed by atoms with van der Waals surface area (Å²) in [6, 6.07) is 7.38. The molecule has 0 unspecified atom stereocenters. The molecule has 1 aromatic carbocycles. The molecule has 3 rings (SSSR count). The fourth-order valence-electron chi connectivity index (χ4n) is 2.25.